The molecule has 3 rings (SSSR count). The van der Waals surface area contributed by atoms with E-state index < -0.39 is 10.0 Å². The zero-order valence-corrected chi connectivity index (χ0v) is 18.1. The van der Waals surface area contributed by atoms with E-state index in [-0.39, 0.29) is 17.3 Å². The number of carbonyl (C=O) groups is 1. The van der Waals surface area contributed by atoms with E-state index in [1.54, 1.807) is 48.5 Å². The Morgan fingerprint density at radius 3 is 2.60 bits per heavy atom. The second kappa shape index (κ2) is 10.3. The molecule has 160 valence electrons. The van der Waals surface area contributed by atoms with E-state index in [0.717, 1.165) is 19.3 Å². The van der Waals surface area contributed by atoms with Crippen LogP contribution in [0.25, 0.3) is 0 Å². The number of para-hydroxylation sites is 1. The van der Waals surface area contributed by atoms with Crippen LogP contribution in [-0.2, 0) is 14.8 Å². The number of benzene rings is 2. The van der Waals surface area contributed by atoms with Gasteiger partial charge in [-0.25, -0.2) is 8.42 Å². The van der Waals surface area contributed by atoms with E-state index >= 15 is 0 Å². The molecule has 0 bridgehead atoms. The van der Waals surface area contributed by atoms with Gasteiger partial charge in [-0.2, -0.15) is 0 Å². The SMILES string of the molecule is CN(c1ccccc1)S(=O)(=O)c1cccc(NCC(=O)NCCC2=CCCCC2)c1. The number of anilines is 2. The molecule has 0 radical (unpaired) electrons. The number of hydrogen-bond acceptors (Lipinski definition) is 4. The van der Waals surface area contributed by atoms with Crippen molar-refractivity contribution in [3.63, 3.8) is 0 Å². The van der Waals surface area contributed by atoms with Crippen molar-refractivity contribution in [3.8, 4) is 0 Å². The number of hydrogen-bond donors (Lipinski definition) is 2. The quantitative estimate of drug-likeness (QED) is 0.595. The zero-order chi connectivity index (χ0) is 21.4. The molecule has 7 heteroatoms. The van der Waals surface area contributed by atoms with Crippen molar-refractivity contribution in [2.45, 2.75) is 37.0 Å². The van der Waals surface area contributed by atoms with Gasteiger partial charge in [0, 0.05) is 19.3 Å². The molecule has 2 N–H and O–H groups in total. The van der Waals surface area contributed by atoms with Gasteiger partial charge >= 0.3 is 0 Å². The molecule has 1 aliphatic carbocycles. The molecule has 0 atom stereocenters. The first-order chi connectivity index (χ1) is 14.5. The summed E-state index contributed by atoms with van der Waals surface area (Å²) in [5, 5.41) is 5.93. The maximum Gasteiger partial charge on any atom is 0.264 e. The Morgan fingerprint density at radius 2 is 1.87 bits per heavy atom. The highest BCUT2D eigenvalue weighted by Crippen LogP contribution is 2.23. The van der Waals surface area contributed by atoms with Crippen LogP contribution in [0.1, 0.15) is 32.1 Å². The fraction of sp³-hybridized carbons (Fsp3) is 0.348. The van der Waals surface area contributed by atoms with Crippen molar-refractivity contribution in [2.24, 2.45) is 0 Å². The third-order valence-corrected chi connectivity index (χ3v) is 7.00. The van der Waals surface area contributed by atoms with Gasteiger partial charge in [-0.15, -0.1) is 0 Å². The molecule has 2 aromatic rings. The molecule has 0 saturated carbocycles. The Labute approximate surface area is 179 Å². The summed E-state index contributed by atoms with van der Waals surface area (Å²) in [7, 11) is -2.17. The third kappa shape index (κ3) is 5.86. The summed E-state index contributed by atoms with van der Waals surface area (Å²) in [5.41, 5.74) is 2.60. The maximum atomic E-state index is 12.9. The van der Waals surface area contributed by atoms with Gasteiger partial charge < -0.3 is 10.6 Å². The van der Waals surface area contributed by atoms with Crippen molar-refractivity contribution in [2.75, 3.05) is 29.8 Å². The van der Waals surface area contributed by atoms with Gasteiger partial charge in [0.05, 0.1) is 17.1 Å². The van der Waals surface area contributed by atoms with E-state index in [0.29, 0.717) is 17.9 Å². The molecular weight excluding hydrogens is 398 g/mol. The highest BCUT2D eigenvalue weighted by molar-refractivity contribution is 7.92. The summed E-state index contributed by atoms with van der Waals surface area (Å²) in [5.74, 6) is -0.110. The van der Waals surface area contributed by atoms with Gasteiger partial charge in [-0.3, -0.25) is 9.10 Å². The summed E-state index contributed by atoms with van der Waals surface area (Å²) in [6, 6.07) is 15.4. The molecule has 0 aliphatic heterocycles. The topological polar surface area (TPSA) is 78.5 Å². The minimum Gasteiger partial charge on any atom is -0.376 e. The van der Waals surface area contributed by atoms with Gasteiger partial charge in [0.15, 0.2) is 0 Å². The van der Waals surface area contributed by atoms with Crippen LogP contribution in [0.5, 0.6) is 0 Å². The molecule has 0 unspecified atom stereocenters. The lowest BCUT2D eigenvalue weighted by atomic mass is 9.97. The summed E-state index contributed by atoms with van der Waals surface area (Å²) in [6.07, 6.45) is 7.95. The highest BCUT2D eigenvalue weighted by Gasteiger charge is 2.21. The summed E-state index contributed by atoms with van der Waals surface area (Å²) >= 11 is 0. The standard InChI is InChI=1S/C23H29N3O3S/c1-26(21-12-6-3-7-13-21)30(28,29)22-14-8-11-20(17-22)25-18-23(27)24-16-15-19-9-4-2-5-10-19/h3,6-9,11-14,17,25H,2,4-5,10,15-16,18H2,1H3,(H,24,27). The van der Waals surface area contributed by atoms with Gasteiger partial charge in [0.2, 0.25) is 5.91 Å². The fourth-order valence-electron chi connectivity index (χ4n) is 3.44. The maximum absolute atomic E-state index is 12.9. The number of sulfonamides is 1. The first-order valence-corrected chi connectivity index (χ1v) is 11.7. The Kier molecular flexibility index (Phi) is 7.52. The average Bonchev–Trinajstić information content (AvgIpc) is 2.78. The van der Waals surface area contributed by atoms with E-state index in [1.165, 1.54) is 29.8 Å². The van der Waals surface area contributed by atoms with Crippen molar-refractivity contribution >= 4 is 27.3 Å². The Morgan fingerprint density at radius 1 is 1.07 bits per heavy atom. The lowest BCUT2D eigenvalue weighted by Crippen LogP contribution is -2.31. The van der Waals surface area contributed by atoms with Crippen LogP contribution in [0.2, 0.25) is 0 Å². The number of nitrogens with zero attached hydrogens (tertiary/aromatic N) is 1. The zero-order valence-electron chi connectivity index (χ0n) is 17.3. The first-order valence-electron chi connectivity index (χ1n) is 10.3. The smallest absolute Gasteiger partial charge is 0.264 e. The van der Waals surface area contributed by atoms with Crippen molar-refractivity contribution in [1.29, 1.82) is 0 Å². The fourth-order valence-corrected chi connectivity index (χ4v) is 4.68. The summed E-state index contributed by atoms with van der Waals surface area (Å²) < 4.78 is 27.1. The minimum absolute atomic E-state index is 0.0943. The van der Waals surface area contributed by atoms with Gasteiger partial charge in [0.1, 0.15) is 0 Å². The summed E-state index contributed by atoms with van der Waals surface area (Å²) in [4.78, 5) is 12.3. The van der Waals surface area contributed by atoms with Gasteiger partial charge in [-0.1, -0.05) is 35.9 Å². The summed E-state index contributed by atoms with van der Waals surface area (Å²) in [6.45, 7) is 0.722. The predicted molar refractivity (Wildman–Crippen MR) is 121 cm³/mol. The minimum atomic E-state index is -3.69. The number of rotatable bonds is 9. The molecule has 0 fully saturated rings. The molecule has 6 nitrogen and oxygen atoms in total. The molecule has 1 amide bonds. The molecule has 0 heterocycles. The van der Waals surface area contributed by atoms with Crippen LogP contribution in [0.15, 0.2) is 71.1 Å². The first kappa shape index (κ1) is 21.9. The van der Waals surface area contributed by atoms with Crippen LogP contribution in [0.3, 0.4) is 0 Å². The van der Waals surface area contributed by atoms with Gasteiger partial charge in [-0.05, 0) is 62.4 Å². The van der Waals surface area contributed by atoms with Crippen molar-refractivity contribution in [1.82, 2.24) is 5.32 Å². The molecule has 30 heavy (non-hydrogen) atoms. The monoisotopic (exact) mass is 427 g/mol. The van der Waals surface area contributed by atoms with Crippen LogP contribution in [0, 0.1) is 0 Å². The third-order valence-electron chi connectivity index (χ3n) is 5.22. The second-order valence-electron chi connectivity index (χ2n) is 7.40. The van der Waals surface area contributed by atoms with Crippen LogP contribution in [-0.4, -0.2) is 34.5 Å². The van der Waals surface area contributed by atoms with Crippen molar-refractivity contribution in [3.05, 3.63) is 66.2 Å². The molecule has 0 spiro atoms. The van der Waals surface area contributed by atoms with Crippen LogP contribution in [0.4, 0.5) is 11.4 Å². The Bertz CT molecular complexity index is 988. The number of amides is 1. The van der Waals surface area contributed by atoms with Crippen LogP contribution >= 0.6 is 0 Å². The average molecular weight is 428 g/mol. The second-order valence-corrected chi connectivity index (χ2v) is 9.37. The van der Waals surface area contributed by atoms with Crippen LogP contribution < -0.4 is 14.9 Å². The molecule has 2 aromatic carbocycles. The Balaban J connectivity index is 1.54. The highest BCUT2D eigenvalue weighted by atomic mass is 32.2. The van der Waals surface area contributed by atoms with E-state index in [4.69, 9.17) is 0 Å². The lowest BCUT2D eigenvalue weighted by molar-refractivity contribution is -0.119. The van der Waals surface area contributed by atoms with Gasteiger partial charge in [0.25, 0.3) is 10.0 Å². The van der Waals surface area contributed by atoms with Crippen molar-refractivity contribution < 1.29 is 13.2 Å². The number of carbonyl (C=O) groups excluding carboxylic acids is 1. The lowest BCUT2D eigenvalue weighted by Gasteiger charge is -2.20. The van der Waals surface area contributed by atoms with E-state index in [2.05, 4.69) is 16.7 Å². The molecule has 0 aromatic heterocycles. The molecular formula is C23H29N3O3S. The molecule has 1 aliphatic rings. The van der Waals surface area contributed by atoms with E-state index in [9.17, 15) is 13.2 Å². The number of nitrogens with one attached hydrogen (secondary N) is 2. The normalized spacial score (nSPS) is 14.0. The molecule has 0 saturated heterocycles. The largest absolute Gasteiger partial charge is 0.376 e. The number of allylic oxidation sites excluding steroid dienone is 1. The Hall–Kier alpha value is -2.80. The van der Waals surface area contributed by atoms with E-state index in [1.807, 2.05) is 6.07 Å². The predicted octanol–water partition coefficient (Wildman–Crippen LogP) is 3.93.